The first kappa shape index (κ1) is 22.1. The van der Waals surface area contributed by atoms with Crippen molar-refractivity contribution in [1.29, 1.82) is 0 Å². The number of aromatic hydroxyl groups is 1. The van der Waals surface area contributed by atoms with E-state index < -0.39 is 42.5 Å². The summed E-state index contributed by atoms with van der Waals surface area (Å²) in [6, 6.07) is 8.43. The van der Waals surface area contributed by atoms with Gasteiger partial charge in [0.15, 0.2) is 10.6 Å². The van der Waals surface area contributed by atoms with Crippen LogP contribution in [-0.4, -0.2) is 35.3 Å². The van der Waals surface area contributed by atoms with Crippen molar-refractivity contribution in [3.63, 3.8) is 0 Å². The molecule has 0 saturated heterocycles. The van der Waals surface area contributed by atoms with Crippen LogP contribution in [0.3, 0.4) is 0 Å². The highest BCUT2D eigenvalue weighted by atomic mass is 35.5. The fourth-order valence-electron chi connectivity index (χ4n) is 2.69. The Morgan fingerprint density at radius 2 is 1.97 bits per heavy atom. The van der Waals surface area contributed by atoms with E-state index in [1.807, 2.05) is 4.72 Å². The number of hydrogen-bond acceptors (Lipinski definition) is 8. The lowest BCUT2D eigenvalue weighted by atomic mass is 10.2. The van der Waals surface area contributed by atoms with Crippen LogP contribution in [0.4, 0.5) is 17.1 Å². The Bertz CT molecular complexity index is 1380. The standard InChI is InChI=1S/C17H15ClN6O6S/c1-9-14(17(26)23(22-9)11-5-3-4-10(18)8-11)21-20-12-6-7-13(31(29,30)19-2)15(16(12)25)24(27)28/h3-8,19,22,25H,1-2H3. The van der Waals surface area contributed by atoms with E-state index in [4.69, 9.17) is 11.6 Å². The van der Waals surface area contributed by atoms with Gasteiger partial charge in [0.1, 0.15) is 5.69 Å². The van der Waals surface area contributed by atoms with Crippen LogP contribution in [0.1, 0.15) is 5.69 Å². The van der Waals surface area contributed by atoms with E-state index in [1.165, 1.54) is 4.68 Å². The Kier molecular flexibility index (Phi) is 5.92. The third kappa shape index (κ3) is 4.19. The summed E-state index contributed by atoms with van der Waals surface area (Å²) >= 11 is 5.95. The van der Waals surface area contributed by atoms with Crippen LogP contribution in [-0.2, 0) is 10.0 Å². The second kappa shape index (κ2) is 8.29. The third-order valence-electron chi connectivity index (χ3n) is 4.20. The van der Waals surface area contributed by atoms with Crippen molar-refractivity contribution in [1.82, 2.24) is 14.5 Å². The maximum atomic E-state index is 12.7. The molecule has 3 rings (SSSR count). The topological polar surface area (TPSA) is 172 Å². The fourth-order valence-corrected chi connectivity index (χ4v) is 3.77. The quantitative estimate of drug-likeness (QED) is 0.286. The number of aromatic amines is 1. The summed E-state index contributed by atoms with van der Waals surface area (Å²) in [5.41, 5.74) is -1.37. The number of benzene rings is 2. The first-order chi connectivity index (χ1) is 14.6. The van der Waals surface area contributed by atoms with Crippen LogP contribution in [0.15, 0.2) is 56.3 Å². The monoisotopic (exact) mass is 466 g/mol. The van der Waals surface area contributed by atoms with E-state index in [0.717, 1.165) is 19.2 Å². The van der Waals surface area contributed by atoms with Crippen molar-refractivity contribution >= 4 is 38.7 Å². The summed E-state index contributed by atoms with van der Waals surface area (Å²) in [6.07, 6.45) is 0. The lowest BCUT2D eigenvalue weighted by Gasteiger charge is -2.06. The highest BCUT2D eigenvalue weighted by molar-refractivity contribution is 7.89. The van der Waals surface area contributed by atoms with E-state index >= 15 is 0 Å². The van der Waals surface area contributed by atoms with Gasteiger partial charge < -0.3 is 5.11 Å². The molecule has 1 heterocycles. The van der Waals surface area contributed by atoms with Crippen molar-refractivity contribution in [3.8, 4) is 11.4 Å². The zero-order valence-electron chi connectivity index (χ0n) is 16.0. The van der Waals surface area contributed by atoms with Crippen molar-refractivity contribution < 1.29 is 18.4 Å². The maximum absolute atomic E-state index is 12.7. The molecule has 0 amide bonds. The van der Waals surface area contributed by atoms with Gasteiger partial charge in [0, 0.05) is 5.02 Å². The smallest absolute Gasteiger partial charge is 0.332 e. The predicted octanol–water partition coefficient (Wildman–Crippen LogP) is 3.06. The first-order valence-corrected chi connectivity index (χ1v) is 10.4. The molecule has 1 aromatic heterocycles. The van der Waals surface area contributed by atoms with Gasteiger partial charge in [-0.15, -0.1) is 10.2 Å². The fraction of sp³-hybridized carbons (Fsp3) is 0.118. The molecule has 0 fully saturated rings. The Hall–Kier alpha value is -3.55. The van der Waals surface area contributed by atoms with Gasteiger partial charge in [-0.1, -0.05) is 17.7 Å². The van der Waals surface area contributed by atoms with Gasteiger partial charge in [-0.2, -0.15) is 0 Å². The molecular weight excluding hydrogens is 452 g/mol. The van der Waals surface area contributed by atoms with Gasteiger partial charge in [0.05, 0.1) is 16.3 Å². The maximum Gasteiger partial charge on any atom is 0.332 e. The molecule has 0 radical (unpaired) electrons. The second-order valence-electron chi connectivity index (χ2n) is 6.15. The summed E-state index contributed by atoms with van der Waals surface area (Å²) in [5.74, 6) is -1.01. The third-order valence-corrected chi connectivity index (χ3v) is 5.88. The van der Waals surface area contributed by atoms with Gasteiger partial charge >= 0.3 is 5.69 Å². The summed E-state index contributed by atoms with van der Waals surface area (Å²) < 4.78 is 27.1. The molecule has 0 aliphatic carbocycles. The van der Waals surface area contributed by atoms with Crippen molar-refractivity contribution in [2.24, 2.45) is 10.2 Å². The van der Waals surface area contributed by atoms with Crippen LogP contribution >= 0.6 is 11.6 Å². The minimum absolute atomic E-state index is 0.117. The average Bonchev–Trinajstić information content (AvgIpc) is 3.00. The number of H-pyrrole nitrogens is 1. The first-order valence-electron chi connectivity index (χ1n) is 8.50. The van der Waals surface area contributed by atoms with Crippen molar-refractivity contribution in [2.75, 3.05) is 7.05 Å². The van der Waals surface area contributed by atoms with E-state index in [-0.39, 0.29) is 5.69 Å². The molecule has 0 spiro atoms. The molecule has 2 aromatic carbocycles. The minimum Gasteiger partial charge on any atom is -0.501 e. The Balaban J connectivity index is 2.08. The van der Waals surface area contributed by atoms with Crippen LogP contribution < -0.4 is 10.3 Å². The van der Waals surface area contributed by atoms with Crippen LogP contribution in [0.25, 0.3) is 5.69 Å². The second-order valence-corrected chi connectivity index (χ2v) is 8.44. The number of phenols is 1. The number of nitro benzene ring substituents is 1. The summed E-state index contributed by atoms with van der Waals surface area (Å²) in [6.45, 7) is 1.56. The van der Waals surface area contributed by atoms with E-state index in [0.29, 0.717) is 16.4 Å². The summed E-state index contributed by atoms with van der Waals surface area (Å²) in [5, 5.41) is 32.3. The van der Waals surface area contributed by atoms with E-state index in [9.17, 15) is 28.4 Å². The van der Waals surface area contributed by atoms with Gasteiger partial charge in [0.2, 0.25) is 15.8 Å². The molecule has 0 saturated carbocycles. The van der Waals surface area contributed by atoms with Crippen LogP contribution in [0.5, 0.6) is 5.75 Å². The van der Waals surface area contributed by atoms with Crippen LogP contribution in [0, 0.1) is 17.0 Å². The number of nitro groups is 1. The summed E-state index contributed by atoms with van der Waals surface area (Å²) in [4.78, 5) is 22.2. The average molecular weight is 467 g/mol. The number of aryl methyl sites for hydroxylation is 1. The zero-order valence-corrected chi connectivity index (χ0v) is 17.6. The molecule has 0 unspecified atom stereocenters. The SMILES string of the molecule is CNS(=O)(=O)c1ccc(N=Nc2c(C)[nH]n(-c3cccc(Cl)c3)c2=O)c(O)c1[N+](=O)[O-]. The number of nitrogens with one attached hydrogen (secondary N) is 2. The van der Waals surface area contributed by atoms with Gasteiger partial charge in [-0.05, 0) is 44.3 Å². The molecule has 0 aliphatic rings. The van der Waals surface area contributed by atoms with Crippen molar-refractivity contribution in [3.05, 3.63) is 67.6 Å². The van der Waals surface area contributed by atoms with Crippen LogP contribution in [0.2, 0.25) is 5.02 Å². The predicted molar refractivity (Wildman–Crippen MR) is 111 cm³/mol. The molecular formula is C17H15ClN6O6S. The number of halogens is 1. The number of azo groups is 1. The Labute approximate surface area is 180 Å². The van der Waals surface area contributed by atoms with E-state index in [1.54, 1.807) is 31.2 Å². The Morgan fingerprint density at radius 3 is 2.58 bits per heavy atom. The van der Waals surface area contributed by atoms with Gasteiger partial charge in [-0.25, -0.2) is 17.8 Å². The molecule has 3 N–H and O–H groups in total. The zero-order chi connectivity index (χ0) is 22.9. The van der Waals surface area contributed by atoms with Gasteiger partial charge in [-0.3, -0.25) is 20.0 Å². The number of nitrogens with zero attached hydrogens (tertiary/aromatic N) is 4. The highest BCUT2D eigenvalue weighted by Crippen LogP contribution is 2.41. The number of aromatic nitrogens is 2. The number of hydrogen-bond donors (Lipinski definition) is 3. The number of sulfonamides is 1. The molecule has 0 atom stereocenters. The molecule has 14 heteroatoms. The molecule has 31 heavy (non-hydrogen) atoms. The minimum atomic E-state index is -4.22. The normalized spacial score (nSPS) is 11.8. The lowest BCUT2D eigenvalue weighted by Crippen LogP contribution is -2.19. The molecule has 3 aromatic rings. The largest absolute Gasteiger partial charge is 0.501 e. The number of phenolic OH excluding ortho intramolecular Hbond substituents is 1. The van der Waals surface area contributed by atoms with Gasteiger partial charge in [0.25, 0.3) is 5.56 Å². The molecule has 162 valence electrons. The van der Waals surface area contributed by atoms with Crippen molar-refractivity contribution in [2.45, 2.75) is 11.8 Å². The lowest BCUT2D eigenvalue weighted by molar-refractivity contribution is -0.388. The summed E-state index contributed by atoms with van der Waals surface area (Å²) in [7, 11) is -3.14. The molecule has 0 bridgehead atoms. The highest BCUT2D eigenvalue weighted by Gasteiger charge is 2.30. The molecule has 12 nitrogen and oxygen atoms in total. The number of rotatable bonds is 6. The van der Waals surface area contributed by atoms with E-state index in [2.05, 4.69) is 15.3 Å². The Morgan fingerprint density at radius 1 is 1.26 bits per heavy atom. The molecule has 0 aliphatic heterocycles.